The van der Waals surface area contributed by atoms with Crippen molar-refractivity contribution < 1.29 is 9.59 Å². The number of rotatable bonds is 7. The summed E-state index contributed by atoms with van der Waals surface area (Å²) in [6.45, 7) is 3.83. The van der Waals surface area contributed by atoms with Crippen molar-refractivity contribution in [3.63, 3.8) is 0 Å². The summed E-state index contributed by atoms with van der Waals surface area (Å²) in [5.74, 6) is -0.807. The maximum atomic E-state index is 12.5. The van der Waals surface area contributed by atoms with Crippen LogP contribution >= 0.6 is 15.9 Å². The summed E-state index contributed by atoms with van der Waals surface area (Å²) in [5.41, 5.74) is 11.2. The van der Waals surface area contributed by atoms with Gasteiger partial charge in [0.2, 0.25) is 11.8 Å². The summed E-state index contributed by atoms with van der Waals surface area (Å²) in [6.07, 6.45) is 1.35. The lowest BCUT2D eigenvalue weighted by Gasteiger charge is -2.31. The normalized spacial score (nSPS) is 13.5. The summed E-state index contributed by atoms with van der Waals surface area (Å²) in [6, 6.07) is 7.55. The van der Waals surface area contributed by atoms with Crippen LogP contribution in [-0.4, -0.2) is 28.8 Å². The topological polar surface area (TPSA) is 89.4 Å². The predicted octanol–water partition coefficient (Wildman–Crippen LogP) is 1.78. The highest BCUT2D eigenvalue weighted by Crippen LogP contribution is 2.17. The Balaban J connectivity index is 2.92. The number of benzene rings is 1. The van der Waals surface area contributed by atoms with Crippen LogP contribution in [0, 0.1) is 0 Å². The number of halogens is 1. The van der Waals surface area contributed by atoms with Crippen LogP contribution in [0.5, 0.6) is 0 Å². The molecule has 0 saturated heterocycles. The van der Waals surface area contributed by atoms with Gasteiger partial charge in [-0.3, -0.25) is 9.59 Å². The van der Waals surface area contributed by atoms with Crippen LogP contribution in [0.25, 0.3) is 0 Å². The highest BCUT2D eigenvalue weighted by molar-refractivity contribution is 9.10. The van der Waals surface area contributed by atoms with Gasteiger partial charge in [-0.25, -0.2) is 0 Å². The first kappa shape index (κ1) is 17.7. The molecular weight excluding hydrogens is 334 g/mol. The molecule has 5 nitrogen and oxygen atoms in total. The Kier molecular flexibility index (Phi) is 6.36. The van der Waals surface area contributed by atoms with Gasteiger partial charge in [0.1, 0.15) is 0 Å². The molecule has 1 aromatic carbocycles. The van der Waals surface area contributed by atoms with Crippen molar-refractivity contribution in [3.8, 4) is 0 Å². The van der Waals surface area contributed by atoms with E-state index >= 15 is 0 Å². The van der Waals surface area contributed by atoms with E-state index in [2.05, 4.69) is 15.9 Å². The third-order valence-corrected chi connectivity index (χ3v) is 3.71. The minimum Gasteiger partial charge on any atom is -0.368 e. The van der Waals surface area contributed by atoms with Crippen molar-refractivity contribution in [2.24, 2.45) is 11.5 Å². The number of hydrogen-bond donors (Lipinski definition) is 2. The highest BCUT2D eigenvalue weighted by atomic mass is 79.9. The zero-order valence-corrected chi connectivity index (χ0v) is 14.0. The number of carbonyl (C=O) groups excluding carboxylic acids is 2. The third-order valence-electron chi connectivity index (χ3n) is 3.18. The second-order valence-electron chi connectivity index (χ2n) is 5.42. The Hall–Kier alpha value is -1.40. The number of nitrogens with zero attached hydrogens (tertiary/aromatic N) is 1. The van der Waals surface area contributed by atoms with E-state index in [9.17, 15) is 9.59 Å². The molecule has 0 aliphatic rings. The fraction of sp³-hybridized carbons (Fsp3) is 0.467. The van der Waals surface area contributed by atoms with Gasteiger partial charge in [0.05, 0.1) is 12.1 Å². The Morgan fingerprint density at radius 3 is 2.33 bits per heavy atom. The molecule has 1 unspecified atom stereocenters. The fourth-order valence-electron chi connectivity index (χ4n) is 2.19. The second kappa shape index (κ2) is 7.56. The lowest BCUT2D eigenvalue weighted by molar-refractivity contribution is -0.140. The van der Waals surface area contributed by atoms with Crippen LogP contribution in [0.3, 0.4) is 0 Å². The van der Waals surface area contributed by atoms with Crippen LogP contribution in [0.2, 0.25) is 0 Å². The molecule has 0 aliphatic carbocycles. The van der Waals surface area contributed by atoms with E-state index in [0.717, 1.165) is 16.5 Å². The molecule has 4 N–H and O–H groups in total. The van der Waals surface area contributed by atoms with Crippen molar-refractivity contribution in [1.82, 2.24) is 4.90 Å². The number of primary amides is 1. The van der Waals surface area contributed by atoms with E-state index in [-0.39, 0.29) is 12.5 Å². The summed E-state index contributed by atoms with van der Waals surface area (Å²) in [5, 5.41) is 0. The molecule has 0 fully saturated rings. The van der Waals surface area contributed by atoms with E-state index in [1.54, 1.807) is 6.92 Å². The molecule has 0 aliphatic heterocycles. The molecule has 0 saturated carbocycles. The molecule has 1 rings (SSSR count). The molecule has 116 valence electrons. The van der Waals surface area contributed by atoms with Gasteiger partial charge in [0.25, 0.3) is 0 Å². The molecule has 0 heterocycles. The van der Waals surface area contributed by atoms with Crippen LogP contribution in [0.15, 0.2) is 28.7 Å². The van der Waals surface area contributed by atoms with Gasteiger partial charge < -0.3 is 16.4 Å². The van der Waals surface area contributed by atoms with Crippen molar-refractivity contribution in [2.45, 2.75) is 38.8 Å². The molecule has 0 radical (unpaired) electrons. The molecular formula is C15H22BrN3O2. The molecule has 0 bridgehead atoms. The average Bonchev–Trinajstić information content (AvgIpc) is 2.39. The number of amides is 2. The van der Waals surface area contributed by atoms with Gasteiger partial charge in [0, 0.05) is 11.0 Å². The third kappa shape index (κ3) is 5.47. The van der Waals surface area contributed by atoms with Gasteiger partial charge in [-0.1, -0.05) is 41.4 Å². The van der Waals surface area contributed by atoms with E-state index < -0.39 is 11.4 Å². The number of hydrogen-bond acceptors (Lipinski definition) is 3. The van der Waals surface area contributed by atoms with Crippen molar-refractivity contribution in [3.05, 3.63) is 34.3 Å². The minimum absolute atomic E-state index is 0.134. The SMILES string of the molecule is CCCC(C)(N)C(=O)N(CC(N)=O)Cc1ccc(Br)cc1. The Labute approximate surface area is 133 Å². The predicted molar refractivity (Wildman–Crippen MR) is 86.3 cm³/mol. The number of carbonyl (C=O) groups is 2. The quantitative estimate of drug-likeness (QED) is 0.780. The second-order valence-corrected chi connectivity index (χ2v) is 6.34. The van der Waals surface area contributed by atoms with Gasteiger partial charge in [-0.05, 0) is 31.0 Å². The lowest BCUT2D eigenvalue weighted by atomic mass is 9.95. The number of nitrogens with two attached hydrogens (primary N) is 2. The van der Waals surface area contributed by atoms with Gasteiger partial charge in [-0.2, -0.15) is 0 Å². The van der Waals surface area contributed by atoms with Gasteiger partial charge in [0.15, 0.2) is 0 Å². The molecule has 21 heavy (non-hydrogen) atoms. The van der Waals surface area contributed by atoms with Crippen molar-refractivity contribution in [2.75, 3.05) is 6.54 Å². The van der Waals surface area contributed by atoms with Crippen LogP contribution in [0.4, 0.5) is 0 Å². The monoisotopic (exact) mass is 355 g/mol. The van der Waals surface area contributed by atoms with Gasteiger partial charge >= 0.3 is 0 Å². The average molecular weight is 356 g/mol. The minimum atomic E-state index is -0.987. The molecule has 0 aromatic heterocycles. The zero-order valence-electron chi connectivity index (χ0n) is 12.4. The molecule has 1 aromatic rings. The summed E-state index contributed by atoms with van der Waals surface area (Å²) in [7, 11) is 0. The van der Waals surface area contributed by atoms with Crippen LogP contribution in [-0.2, 0) is 16.1 Å². The molecule has 1 atom stereocenters. The maximum Gasteiger partial charge on any atom is 0.243 e. The maximum absolute atomic E-state index is 12.5. The zero-order chi connectivity index (χ0) is 16.0. The largest absolute Gasteiger partial charge is 0.368 e. The van der Waals surface area contributed by atoms with Gasteiger partial charge in [-0.15, -0.1) is 0 Å². The fourth-order valence-corrected chi connectivity index (χ4v) is 2.45. The van der Waals surface area contributed by atoms with E-state index in [1.807, 2.05) is 31.2 Å². The van der Waals surface area contributed by atoms with Crippen LogP contribution in [0.1, 0.15) is 32.3 Å². The lowest BCUT2D eigenvalue weighted by Crippen LogP contribution is -2.54. The van der Waals surface area contributed by atoms with Crippen molar-refractivity contribution >= 4 is 27.7 Å². The Morgan fingerprint density at radius 2 is 1.86 bits per heavy atom. The summed E-state index contributed by atoms with van der Waals surface area (Å²) >= 11 is 3.36. The smallest absolute Gasteiger partial charge is 0.243 e. The Morgan fingerprint density at radius 1 is 1.29 bits per heavy atom. The van der Waals surface area contributed by atoms with E-state index in [0.29, 0.717) is 13.0 Å². The first-order valence-corrected chi connectivity index (χ1v) is 7.66. The standard InChI is InChI=1S/C15H22BrN3O2/c1-3-8-15(2,18)14(21)19(10-13(17)20)9-11-4-6-12(16)7-5-11/h4-7H,3,8-10,18H2,1-2H3,(H2,17,20). The van der Waals surface area contributed by atoms with Crippen LogP contribution < -0.4 is 11.5 Å². The van der Waals surface area contributed by atoms with E-state index in [4.69, 9.17) is 11.5 Å². The van der Waals surface area contributed by atoms with E-state index in [1.165, 1.54) is 4.90 Å². The Bertz CT molecular complexity index is 500. The molecule has 2 amide bonds. The highest BCUT2D eigenvalue weighted by Gasteiger charge is 2.32. The first-order valence-electron chi connectivity index (χ1n) is 6.87. The van der Waals surface area contributed by atoms with Crippen molar-refractivity contribution in [1.29, 1.82) is 0 Å². The molecule has 6 heteroatoms. The molecule has 0 spiro atoms. The summed E-state index contributed by atoms with van der Waals surface area (Å²) in [4.78, 5) is 25.2. The summed E-state index contributed by atoms with van der Waals surface area (Å²) < 4.78 is 0.952. The first-order chi connectivity index (χ1) is 9.76.